The van der Waals surface area contributed by atoms with E-state index in [0.717, 1.165) is 22.8 Å². The maximum absolute atomic E-state index is 6.04. The van der Waals surface area contributed by atoms with E-state index in [4.69, 9.17) is 5.73 Å². The average molecular weight is 231 g/mol. The first-order valence-corrected chi connectivity index (χ1v) is 5.68. The predicted molar refractivity (Wildman–Crippen MR) is 74.5 cm³/mol. The summed E-state index contributed by atoms with van der Waals surface area (Å²) in [5.74, 6) is 0. The molecule has 1 aromatic rings. The lowest BCUT2D eigenvalue weighted by Crippen LogP contribution is -2.26. The van der Waals surface area contributed by atoms with Gasteiger partial charge in [-0.15, -0.1) is 0 Å². The molecule has 3 N–H and O–H groups in total. The van der Waals surface area contributed by atoms with Crippen LogP contribution in [0.25, 0.3) is 0 Å². The molecule has 0 aliphatic rings. The normalized spacial score (nSPS) is 11.9. The molecular weight excluding hydrogens is 210 g/mol. The van der Waals surface area contributed by atoms with Crippen LogP contribution in [0.5, 0.6) is 0 Å². The Bertz CT molecular complexity index is 407. The zero-order valence-corrected chi connectivity index (χ0v) is 10.8. The third-order valence-electron chi connectivity index (χ3n) is 2.56. The molecule has 0 unspecified atom stereocenters. The van der Waals surface area contributed by atoms with Gasteiger partial charge in [-0.25, -0.2) is 0 Å². The summed E-state index contributed by atoms with van der Waals surface area (Å²) in [4.78, 5) is 2.06. The number of hydrogen-bond donors (Lipinski definition) is 2. The van der Waals surface area contributed by atoms with Crippen molar-refractivity contribution in [3.8, 4) is 0 Å². The van der Waals surface area contributed by atoms with E-state index in [1.54, 1.807) is 0 Å². The molecule has 0 aromatic heterocycles. The van der Waals surface area contributed by atoms with Crippen LogP contribution in [0.1, 0.15) is 13.8 Å². The molecule has 0 fully saturated rings. The first-order chi connectivity index (χ1) is 8.07. The highest BCUT2D eigenvalue weighted by molar-refractivity contribution is 5.57. The largest absolute Gasteiger partial charge is 0.400 e. The van der Waals surface area contributed by atoms with E-state index in [9.17, 15) is 0 Å². The molecule has 92 valence electrons. The number of para-hydroxylation sites is 1. The van der Waals surface area contributed by atoms with Gasteiger partial charge in [0.15, 0.2) is 0 Å². The van der Waals surface area contributed by atoms with Gasteiger partial charge in [0.25, 0.3) is 0 Å². The minimum Gasteiger partial charge on any atom is -0.400 e. The predicted octanol–water partition coefficient (Wildman–Crippen LogP) is 2.44. The van der Waals surface area contributed by atoms with Crippen LogP contribution in [-0.2, 0) is 0 Å². The molecule has 1 rings (SSSR count). The second-order valence-corrected chi connectivity index (χ2v) is 4.05. The Morgan fingerprint density at radius 1 is 1.29 bits per heavy atom. The number of nitrogens with two attached hydrogens (primary N) is 1. The standard InChI is InChI=1S/C14H21N3/c1-11(2)17(12(3)14(15)10-16-4)13-8-6-5-7-9-13/h5-9,16H,1,10,15H2,2-4H3/b14-12-. The number of hydrogen-bond acceptors (Lipinski definition) is 3. The van der Waals surface area contributed by atoms with Crippen molar-refractivity contribution >= 4 is 5.69 Å². The fourth-order valence-electron chi connectivity index (χ4n) is 1.74. The summed E-state index contributed by atoms with van der Waals surface area (Å²) in [6.45, 7) is 8.66. The molecule has 0 atom stereocenters. The molecule has 0 radical (unpaired) electrons. The number of anilines is 1. The second kappa shape index (κ2) is 6.11. The number of benzene rings is 1. The lowest BCUT2D eigenvalue weighted by atomic mass is 10.2. The van der Waals surface area contributed by atoms with E-state index < -0.39 is 0 Å². The summed E-state index contributed by atoms with van der Waals surface area (Å²) in [6, 6.07) is 10.1. The molecule has 0 aliphatic heterocycles. The van der Waals surface area contributed by atoms with Gasteiger partial charge in [0.1, 0.15) is 0 Å². The summed E-state index contributed by atoms with van der Waals surface area (Å²) >= 11 is 0. The maximum atomic E-state index is 6.04. The molecule has 0 aliphatic carbocycles. The minimum atomic E-state index is 0.669. The van der Waals surface area contributed by atoms with Crippen LogP contribution >= 0.6 is 0 Å². The van der Waals surface area contributed by atoms with E-state index in [0.29, 0.717) is 6.54 Å². The highest BCUT2D eigenvalue weighted by Gasteiger charge is 2.11. The van der Waals surface area contributed by atoms with Gasteiger partial charge in [-0.3, -0.25) is 0 Å². The van der Waals surface area contributed by atoms with E-state index in [1.165, 1.54) is 0 Å². The molecule has 0 saturated carbocycles. The summed E-state index contributed by atoms with van der Waals surface area (Å²) in [7, 11) is 1.88. The Balaban J connectivity index is 3.11. The van der Waals surface area contributed by atoms with E-state index in [1.807, 2.05) is 51.2 Å². The third kappa shape index (κ3) is 3.36. The Morgan fingerprint density at radius 3 is 2.35 bits per heavy atom. The maximum Gasteiger partial charge on any atom is 0.0455 e. The molecule has 3 nitrogen and oxygen atoms in total. The van der Waals surface area contributed by atoms with Crippen molar-refractivity contribution in [2.45, 2.75) is 13.8 Å². The van der Waals surface area contributed by atoms with Gasteiger partial charge >= 0.3 is 0 Å². The van der Waals surface area contributed by atoms with Gasteiger partial charge in [0.2, 0.25) is 0 Å². The summed E-state index contributed by atoms with van der Waals surface area (Å²) in [5, 5.41) is 3.05. The number of rotatable bonds is 5. The topological polar surface area (TPSA) is 41.3 Å². The van der Waals surface area contributed by atoms with Gasteiger partial charge in [0, 0.05) is 29.3 Å². The van der Waals surface area contributed by atoms with Crippen LogP contribution in [0.15, 0.2) is 54.0 Å². The lowest BCUT2D eigenvalue weighted by molar-refractivity contribution is 0.847. The van der Waals surface area contributed by atoms with Gasteiger partial charge in [0.05, 0.1) is 0 Å². The van der Waals surface area contributed by atoms with Gasteiger partial charge in [-0.1, -0.05) is 24.8 Å². The number of allylic oxidation sites excluding steroid dienone is 2. The number of nitrogens with one attached hydrogen (secondary N) is 1. The highest BCUT2D eigenvalue weighted by atomic mass is 15.2. The van der Waals surface area contributed by atoms with Crippen LogP contribution in [-0.4, -0.2) is 13.6 Å². The fourth-order valence-corrected chi connectivity index (χ4v) is 1.74. The van der Waals surface area contributed by atoms with Crippen LogP contribution in [0.2, 0.25) is 0 Å². The van der Waals surface area contributed by atoms with Gasteiger partial charge in [-0.05, 0) is 33.0 Å². The molecule has 0 spiro atoms. The molecule has 1 aromatic carbocycles. The third-order valence-corrected chi connectivity index (χ3v) is 2.56. The van der Waals surface area contributed by atoms with E-state index >= 15 is 0 Å². The monoisotopic (exact) mass is 231 g/mol. The van der Waals surface area contributed by atoms with E-state index in [-0.39, 0.29) is 0 Å². The fraction of sp³-hybridized carbons (Fsp3) is 0.286. The van der Waals surface area contributed by atoms with Crippen molar-refractivity contribution in [3.05, 3.63) is 54.0 Å². The van der Waals surface area contributed by atoms with Crippen LogP contribution in [0.4, 0.5) is 5.69 Å². The van der Waals surface area contributed by atoms with Crippen molar-refractivity contribution in [2.24, 2.45) is 5.73 Å². The van der Waals surface area contributed by atoms with Gasteiger partial charge in [-0.2, -0.15) is 0 Å². The Labute approximate surface area is 104 Å². The van der Waals surface area contributed by atoms with Crippen molar-refractivity contribution in [1.29, 1.82) is 0 Å². The quantitative estimate of drug-likeness (QED) is 0.818. The van der Waals surface area contributed by atoms with Crippen molar-refractivity contribution in [3.63, 3.8) is 0 Å². The minimum absolute atomic E-state index is 0.669. The molecule has 17 heavy (non-hydrogen) atoms. The Kier molecular flexibility index (Phi) is 4.79. The second-order valence-electron chi connectivity index (χ2n) is 4.05. The van der Waals surface area contributed by atoms with Crippen molar-refractivity contribution in [1.82, 2.24) is 5.32 Å². The van der Waals surface area contributed by atoms with Crippen molar-refractivity contribution < 1.29 is 0 Å². The Hall–Kier alpha value is -1.74. The Morgan fingerprint density at radius 2 is 1.88 bits per heavy atom. The smallest absolute Gasteiger partial charge is 0.0455 e. The molecule has 0 amide bonds. The van der Waals surface area contributed by atoms with Crippen LogP contribution in [0, 0.1) is 0 Å². The summed E-state index contributed by atoms with van der Waals surface area (Å²) in [6.07, 6.45) is 0. The van der Waals surface area contributed by atoms with Crippen LogP contribution in [0.3, 0.4) is 0 Å². The number of nitrogens with zero attached hydrogens (tertiary/aromatic N) is 1. The van der Waals surface area contributed by atoms with Gasteiger partial charge < -0.3 is 16.0 Å². The zero-order chi connectivity index (χ0) is 12.8. The molecule has 0 heterocycles. The SMILES string of the molecule is C=C(C)N(/C(C)=C(\N)CNC)c1ccccc1. The molecular formula is C14H21N3. The zero-order valence-electron chi connectivity index (χ0n) is 10.8. The van der Waals surface area contributed by atoms with E-state index in [2.05, 4.69) is 16.8 Å². The average Bonchev–Trinajstić information content (AvgIpc) is 2.30. The summed E-state index contributed by atoms with van der Waals surface area (Å²) < 4.78 is 0. The number of likely N-dealkylation sites (N-methyl/N-ethyl adjacent to an activating group) is 1. The highest BCUT2D eigenvalue weighted by Crippen LogP contribution is 2.23. The van der Waals surface area contributed by atoms with Crippen molar-refractivity contribution in [2.75, 3.05) is 18.5 Å². The first-order valence-electron chi connectivity index (χ1n) is 5.68. The molecule has 0 saturated heterocycles. The molecule has 0 bridgehead atoms. The lowest BCUT2D eigenvalue weighted by Gasteiger charge is -2.27. The molecule has 3 heteroatoms. The first kappa shape index (κ1) is 13.3. The van der Waals surface area contributed by atoms with Crippen LogP contribution < -0.4 is 16.0 Å². The summed E-state index contributed by atoms with van der Waals surface area (Å²) in [5.41, 5.74) is 9.90.